The van der Waals surface area contributed by atoms with Gasteiger partial charge in [0.2, 0.25) is 0 Å². The lowest BCUT2D eigenvalue weighted by atomic mass is 9.79. The van der Waals surface area contributed by atoms with Crippen molar-refractivity contribution in [3.05, 3.63) is 48.3 Å². The summed E-state index contributed by atoms with van der Waals surface area (Å²) in [7, 11) is 1.15. The van der Waals surface area contributed by atoms with Crippen molar-refractivity contribution >= 4 is 18.5 Å². The second-order valence-electron chi connectivity index (χ2n) is 7.22. The van der Waals surface area contributed by atoms with E-state index in [0.717, 1.165) is 5.46 Å². The molecule has 2 heterocycles. The van der Waals surface area contributed by atoms with Gasteiger partial charge in [-0.3, -0.25) is 9.78 Å². The Balaban J connectivity index is 1.72. The predicted octanol–water partition coefficient (Wildman–Crippen LogP) is 2.53. The molecule has 7 heteroatoms. The number of benzene rings is 1. The Morgan fingerprint density at radius 2 is 1.65 bits per heavy atom. The molecule has 0 spiro atoms. The molecular formula is C19H23BN2O4. The number of carbonyl (C=O) groups is 1. The van der Waals surface area contributed by atoms with Crippen molar-refractivity contribution in [1.29, 1.82) is 0 Å². The van der Waals surface area contributed by atoms with E-state index in [0.29, 0.717) is 17.2 Å². The summed E-state index contributed by atoms with van der Waals surface area (Å²) in [4.78, 5) is 15.7. The molecule has 1 saturated heterocycles. The zero-order chi connectivity index (χ0) is 18.9. The summed E-state index contributed by atoms with van der Waals surface area (Å²) in [6.07, 6.45) is 1.54. The van der Waals surface area contributed by atoms with Crippen LogP contribution >= 0.6 is 0 Å². The van der Waals surface area contributed by atoms with Gasteiger partial charge >= 0.3 is 7.12 Å². The highest BCUT2D eigenvalue weighted by Gasteiger charge is 2.51. The lowest BCUT2D eigenvalue weighted by Gasteiger charge is -2.32. The molecule has 0 bridgehead atoms. The Bertz CT molecular complexity index is 789. The Morgan fingerprint density at radius 1 is 1.04 bits per heavy atom. The van der Waals surface area contributed by atoms with Crippen LogP contribution in [0.1, 0.15) is 38.2 Å². The molecule has 1 N–H and O–H groups in total. The fourth-order valence-electron chi connectivity index (χ4n) is 2.54. The smallest absolute Gasteiger partial charge is 0.457 e. The maximum atomic E-state index is 11.7. The minimum absolute atomic E-state index is 0.258. The maximum absolute atomic E-state index is 11.7. The van der Waals surface area contributed by atoms with E-state index in [1.807, 2.05) is 52.0 Å². The average molecular weight is 354 g/mol. The molecule has 2 aromatic rings. The third kappa shape index (κ3) is 3.59. The molecule has 3 rings (SSSR count). The Morgan fingerprint density at radius 3 is 2.23 bits per heavy atom. The number of carbonyl (C=O) groups excluding carboxylic acids is 1. The highest BCUT2D eigenvalue weighted by atomic mass is 16.7. The molecule has 1 aromatic heterocycles. The molecule has 26 heavy (non-hydrogen) atoms. The summed E-state index contributed by atoms with van der Waals surface area (Å²) in [5, 5.41) is 2.54. The van der Waals surface area contributed by atoms with Crippen molar-refractivity contribution in [2.75, 3.05) is 7.05 Å². The minimum Gasteiger partial charge on any atom is -0.457 e. The van der Waals surface area contributed by atoms with Crippen LogP contribution in [0.25, 0.3) is 0 Å². The first-order valence-electron chi connectivity index (χ1n) is 8.53. The van der Waals surface area contributed by atoms with Gasteiger partial charge in [-0.05, 0) is 51.4 Å². The third-order valence-electron chi connectivity index (χ3n) is 4.83. The lowest BCUT2D eigenvalue weighted by Crippen LogP contribution is -2.41. The molecule has 136 valence electrons. The van der Waals surface area contributed by atoms with E-state index in [-0.39, 0.29) is 17.1 Å². The molecule has 1 aromatic carbocycles. The van der Waals surface area contributed by atoms with E-state index in [1.165, 1.54) is 0 Å². The second-order valence-corrected chi connectivity index (χ2v) is 7.22. The SMILES string of the molecule is CNC(=O)c1cc(Oc2ccc(B3OC(C)(C)C(C)(C)O3)cc2)ccn1. The summed E-state index contributed by atoms with van der Waals surface area (Å²) in [5.41, 5.74) is 0.482. The minimum atomic E-state index is -0.408. The van der Waals surface area contributed by atoms with Crippen molar-refractivity contribution in [2.45, 2.75) is 38.9 Å². The fraction of sp³-hybridized carbons (Fsp3) is 0.368. The number of rotatable bonds is 4. The van der Waals surface area contributed by atoms with Crippen LogP contribution in [0, 0.1) is 0 Å². The first-order valence-corrected chi connectivity index (χ1v) is 8.53. The van der Waals surface area contributed by atoms with Gasteiger partial charge in [0, 0.05) is 19.3 Å². The van der Waals surface area contributed by atoms with Crippen molar-refractivity contribution in [3.8, 4) is 11.5 Å². The highest BCUT2D eigenvalue weighted by Crippen LogP contribution is 2.36. The van der Waals surface area contributed by atoms with Gasteiger partial charge in [0.1, 0.15) is 17.2 Å². The summed E-state index contributed by atoms with van der Waals surface area (Å²) in [6.45, 7) is 8.10. The molecule has 1 aliphatic rings. The number of nitrogens with one attached hydrogen (secondary N) is 1. The highest BCUT2D eigenvalue weighted by molar-refractivity contribution is 6.62. The first kappa shape index (κ1) is 18.4. The molecular weight excluding hydrogens is 331 g/mol. The van der Waals surface area contributed by atoms with E-state index in [9.17, 15) is 4.79 Å². The molecule has 0 atom stereocenters. The summed E-state index contributed by atoms with van der Waals surface area (Å²) >= 11 is 0. The Kier molecular flexibility index (Phi) is 4.77. The number of hydrogen-bond donors (Lipinski definition) is 1. The van der Waals surface area contributed by atoms with Gasteiger partial charge in [-0.1, -0.05) is 12.1 Å². The zero-order valence-corrected chi connectivity index (χ0v) is 15.7. The standard InChI is InChI=1S/C19H23BN2O4/c1-18(2)19(3,4)26-20(25-18)13-6-8-14(9-7-13)24-15-10-11-22-16(12-15)17(23)21-5/h6-12H,1-5H3,(H,21,23). The largest absolute Gasteiger partial charge is 0.494 e. The zero-order valence-electron chi connectivity index (χ0n) is 15.7. The predicted molar refractivity (Wildman–Crippen MR) is 99.9 cm³/mol. The van der Waals surface area contributed by atoms with Gasteiger partial charge in [0.05, 0.1) is 11.2 Å². The molecule has 0 aliphatic carbocycles. The number of aromatic nitrogens is 1. The third-order valence-corrected chi connectivity index (χ3v) is 4.83. The van der Waals surface area contributed by atoms with E-state index < -0.39 is 7.12 Å². The van der Waals surface area contributed by atoms with Crippen molar-refractivity contribution in [1.82, 2.24) is 10.3 Å². The van der Waals surface area contributed by atoms with Gasteiger partial charge in [-0.2, -0.15) is 0 Å². The van der Waals surface area contributed by atoms with Crippen molar-refractivity contribution in [2.24, 2.45) is 0 Å². The normalized spacial score (nSPS) is 17.8. The van der Waals surface area contributed by atoms with Gasteiger partial charge in [-0.15, -0.1) is 0 Å². The summed E-state index contributed by atoms with van der Waals surface area (Å²) < 4.78 is 17.9. The van der Waals surface area contributed by atoms with Crippen LogP contribution in [0.2, 0.25) is 0 Å². The van der Waals surface area contributed by atoms with E-state index >= 15 is 0 Å². The maximum Gasteiger partial charge on any atom is 0.494 e. The van der Waals surface area contributed by atoms with Crippen LogP contribution in [0.4, 0.5) is 0 Å². The van der Waals surface area contributed by atoms with E-state index in [2.05, 4.69) is 10.3 Å². The van der Waals surface area contributed by atoms with Crippen molar-refractivity contribution < 1.29 is 18.8 Å². The number of pyridine rings is 1. The van der Waals surface area contributed by atoms with E-state index in [4.69, 9.17) is 14.0 Å². The number of hydrogen-bond acceptors (Lipinski definition) is 5. The van der Waals surface area contributed by atoms with Crippen LogP contribution in [0.3, 0.4) is 0 Å². The summed E-state index contributed by atoms with van der Waals surface area (Å²) in [5.74, 6) is 0.938. The molecule has 0 radical (unpaired) electrons. The lowest BCUT2D eigenvalue weighted by molar-refractivity contribution is 0.00578. The van der Waals surface area contributed by atoms with E-state index in [1.54, 1.807) is 25.4 Å². The van der Waals surface area contributed by atoms with Crippen molar-refractivity contribution in [3.63, 3.8) is 0 Å². The van der Waals surface area contributed by atoms with Gasteiger partial charge in [0.15, 0.2) is 0 Å². The number of amides is 1. The fourth-order valence-corrected chi connectivity index (χ4v) is 2.54. The van der Waals surface area contributed by atoms with Crippen LogP contribution < -0.4 is 15.5 Å². The van der Waals surface area contributed by atoms with Gasteiger partial charge < -0.3 is 19.4 Å². The molecule has 6 nitrogen and oxygen atoms in total. The van der Waals surface area contributed by atoms with Crippen LogP contribution in [0.15, 0.2) is 42.6 Å². The molecule has 1 aliphatic heterocycles. The van der Waals surface area contributed by atoms with Gasteiger partial charge in [0.25, 0.3) is 5.91 Å². The first-order chi connectivity index (χ1) is 12.2. The topological polar surface area (TPSA) is 69.7 Å². The molecule has 0 saturated carbocycles. The summed E-state index contributed by atoms with van der Waals surface area (Å²) in [6, 6.07) is 10.8. The Hall–Kier alpha value is -2.38. The molecule has 1 fully saturated rings. The quantitative estimate of drug-likeness (QED) is 0.855. The monoisotopic (exact) mass is 354 g/mol. The molecule has 1 amide bonds. The number of nitrogens with zero attached hydrogens (tertiary/aromatic N) is 1. The average Bonchev–Trinajstić information content (AvgIpc) is 2.83. The Labute approximate surface area is 154 Å². The van der Waals surface area contributed by atoms with Gasteiger partial charge in [-0.25, -0.2) is 0 Å². The van der Waals surface area contributed by atoms with Crippen LogP contribution in [-0.2, 0) is 9.31 Å². The van der Waals surface area contributed by atoms with Crippen LogP contribution in [-0.4, -0.2) is 36.3 Å². The van der Waals surface area contributed by atoms with Crippen LogP contribution in [0.5, 0.6) is 11.5 Å². The second kappa shape index (κ2) is 6.74. The molecule has 0 unspecified atom stereocenters. The number of ether oxygens (including phenoxy) is 1.